The quantitative estimate of drug-likeness (QED) is 0.406. The van der Waals surface area contributed by atoms with Crippen LogP contribution in [0.5, 0.6) is 0 Å². The van der Waals surface area contributed by atoms with E-state index in [1.807, 2.05) is 0 Å². The Morgan fingerprint density at radius 2 is 1.39 bits per heavy atom. The van der Waals surface area contributed by atoms with Gasteiger partial charge in [0.2, 0.25) is 0 Å². The fourth-order valence-corrected chi connectivity index (χ4v) is 1.71. The molecule has 132 valence electrons. The van der Waals surface area contributed by atoms with Crippen molar-refractivity contribution in [3.05, 3.63) is 0 Å². The molecule has 0 aromatic heterocycles. The number of carboxylic acids is 2. The van der Waals surface area contributed by atoms with Crippen molar-refractivity contribution in [3.63, 3.8) is 0 Å². The molecule has 0 bridgehead atoms. The van der Waals surface area contributed by atoms with Crippen molar-refractivity contribution >= 4 is 23.9 Å². The van der Waals surface area contributed by atoms with Crippen molar-refractivity contribution in [2.75, 3.05) is 53.0 Å². The van der Waals surface area contributed by atoms with Gasteiger partial charge < -0.3 is 19.7 Å². The molecule has 0 saturated carbocycles. The first-order chi connectivity index (χ1) is 10.7. The third-order valence-corrected chi connectivity index (χ3v) is 2.74. The minimum absolute atomic E-state index is 0.0263. The maximum absolute atomic E-state index is 11.3. The molecule has 0 unspecified atom stereocenters. The zero-order valence-corrected chi connectivity index (χ0v) is 13.2. The zero-order chi connectivity index (χ0) is 17.8. The third-order valence-electron chi connectivity index (χ3n) is 2.74. The summed E-state index contributed by atoms with van der Waals surface area (Å²) in [4.78, 5) is 46.4. The number of nitrogens with zero attached hydrogens (tertiary/aromatic N) is 2. The Bertz CT molecular complexity index is 426. The van der Waals surface area contributed by atoms with Crippen molar-refractivity contribution < 1.29 is 38.9 Å². The summed E-state index contributed by atoms with van der Waals surface area (Å²) in [7, 11) is 1.19. The summed E-state index contributed by atoms with van der Waals surface area (Å²) >= 11 is 0. The Hall–Kier alpha value is -2.20. The Morgan fingerprint density at radius 3 is 1.87 bits per heavy atom. The lowest BCUT2D eigenvalue weighted by Gasteiger charge is -2.24. The summed E-state index contributed by atoms with van der Waals surface area (Å²) in [5.41, 5.74) is 0. The van der Waals surface area contributed by atoms with Gasteiger partial charge in [-0.3, -0.25) is 29.0 Å². The van der Waals surface area contributed by atoms with Crippen LogP contribution in [0.4, 0.5) is 0 Å². The summed E-state index contributed by atoms with van der Waals surface area (Å²) in [5, 5.41) is 17.7. The van der Waals surface area contributed by atoms with Crippen LogP contribution < -0.4 is 0 Å². The second-order valence-corrected chi connectivity index (χ2v) is 4.69. The summed E-state index contributed by atoms with van der Waals surface area (Å²) in [6.07, 6.45) is 0. The lowest BCUT2D eigenvalue weighted by Crippen LogP contribution is -2.43. The van der Waals surface area contributed by atoms with Crippen LogP contribution in [0.15, 0.2) is 0 Å². The molecule has 0 atom stereocenters. The van der Waals surface area contributed by atoms with Crippen LogP contribution in [0.3, 0.4) is 0 Å². The highest BCUT2D eigenvalue weighted by Gasteiger charge is 2.17. The largest absolute Gasteiger partial charge is 0.480 e. The fraction of sp³-hybridized carbons (Fsp3) is 0.692. The van der Waals surface area contributed by atoms with Gasteiger partial charge in [0.15, 0.2) is 0 Å². The SMILES string of the molecule is COC(=O)CN(CCN(CCOC(C)=O)CC(=O)O)CC(=O)O. The Morgan fingerprint density at radius 1 is 0.870 bits per heavy atom. The summed E-state index contributed by atoms with van der Waals surface area (Å²) in [6.45, 7) is 0.913. The number of ether oxygens (including phenoxy) is 2. The number of hydrogen-bond acceptors (Lipinski definition) is 8. The molecule has 0 saturated heterocycles. The van der Waals surface area contributed by atoms with Gasteiger partial charge in [-0.1, -0.05) is 0 Å². The van der Waals surface area contributed by atoms with Gasteiger partial charge in [-0.05, 0) is 0 Å². The number of carboxylic acid groups (broad SMARTS) is 2. The highest BCUT2D eigenvalue weighted by molar-refractivity contribution is 5.74. The van der Waals surface area contributed by atoms with Gasteiger partial charge >= 0.3 is 23.9 Å². The van der Waals surface area contributed by atoms with Gasteiger partial charge in [0.25, 0.3) is 0 Å². The van der Waals surface area contributed by atoms with Crippen LogP contribution in [-0.2, 0) is 28.7 Å². The number of aliphatic carboxylic acids is 2. The van der Waals surface area contributed by atoms with Gasteiger partial charge in [0, 0.05) is 26.6 Å². The van der Waals surface area contributed by atoms with Crippen molar-refractivity contribution in [3.8, 4) is 0 Å². The molecule has 23 heavy (non-hydrogen) atoms. The van der Waals surface area contributed by atoms with E-state index in [1.54, 1.807) is 0 Å². The maximum Gasteiger partial charge on any atom is 0.319 e. The lowest BCUT2D eigenvalue weighted by molar-refractivity contribution is -0.146. The third kappa shape index (κ3) is 12.1. The van der Waals surface area contributed by atoms with E-state index in [2.05, 4.69) is 4.74 Å². The van der Waals surface area contributed by atoms with Crippen molar-refractivity contribution in [1.82, 2.24) is 9.80 Å². The van der Waals surface area contributed by atoms with Crippen LogP contribution in [0.25, 0.3) is 0 Å². The highest BCUT2D eigenvalue weighted by Crippen LogP contribution is 1.95. The molecule has 0 rings (SSSR count). The zero-order valence-electron chi connectivity index (χ0n) is 13.2. The molecule has 0 amide bonds. The fourth-order valence-electron chi connectivity index (χ4n) is 1.71. The number of esters is 2. The predicted octanol–water partition coefficient (Wildman–Crippen LogP) is -1.50. The van der Waals surface area contributed by atoms with Crippen molar-refractivity contribution in [1.29, 1.82) is 0 Å². The van der Waals surface area contributed by atoms with Gasteiger partial charge in [-0.25, -0.2) is 0 Å². The average Bonchev–Trinajstić information content (AvgIpc) is 2.42. The molecule has 0 aliphatic heterocycles. The number of methoxy groups -OCH3 is 1. The summed E-state index contributed by atoms with van der Waals surface area (Å²) in [5.74, 6) is -3.24. The van der Waals surface area contributed by atoms with E-state index < -0.39 is 23.9 Å². The predicted molar refractivity (Wildman–Crippen MR) is 76.8 cm³/mol. The number of rotatable bonds is 12. The molecule has 2 N–H and O–H groups in total. The Kier molecular flexibility index (Phi) is 10.3. The van der Waals surface area contributed by atoms with Crippen molar-refractivity contribution in [2.45, 2.75) is 6.92 Å². The molecule has 0 spiro atoms. The molecule has 0 aliphatic carbocycles. The minimum atomic E-state index is -1.11. The maximum atomic E-state index is 11.3. The van der Waals surface area contributed by atoms with Crippen LogP contribution in [-0.4, -0.2) is 96.9 Å². The second-order valence-electron chi connectivity index (χ2n) is 4.69. The van der Waals surface area contributed by atoms with Gasteiger partial charge in [0.05, 0.1) is 26.7 Å². The molecular weight excluding hydrogens is 312 g/mol. The Balaban J connectivity index is 4.53. The number of hydrogen-bond donors (Lipinski definition) is 2. The minimum Gasteiger partial charge on any atom is -0.480 e. The van der Waals surface area contributed by atoms with E-state index in [0.717, 1.165) is 0 Å². The smallest absolute Gasteiger partial charge is 0.319 e. The second kappa shape index (κ2) is 11.4. The molecule has 0 aromatic rings. The van der Waals surface area contributed by atoms with Crippen LogP contribution in [0.2, 0.25) is 0 Å². The molecular formula is C13H22N2O8. The molecule has 0 aromatic carbocycles. The van der Waals surface area contributed by atoms with E-state index in [1.165, 1.54) is 23.8 Å². The number of carbonyl (C=O) groups excluding carboxylic acids is 2. The number of carbonyl (C=O) groups is 4. The van der Waals surface area contributed by atoms with E-state index >= 15 is 0 Å². The van der Waals surface area contributed by atoms with Crippen LogP contribution in [0.1, 0.15) is 6.92 Å². The molecule has 0 fully saturated rings. The van der Waals surface area contributed by atoms with E-state index in [4.69, 9.17) is 14.9 Å². The molecule has 0 aliphatic rings. The normalized spacial score (nSPS) is 10.6. The first-order valence-corrected chi connectivity index (χ1v) is 6.83. The first-order valence-electron chi connectivity index (χ1n) is 6.83. The van der Waals surface area contributed by atoms with Gasteiger partial charge in [-0.15, -0.1) is 0 Å². The molecule has 10 nitrogen and oxygen atoms in total. The monoisotopic (exact) mass is 334 g/mol. The van der Waals surface area contributed by atoms with E-state index in [9.17, 15) is 19.2 Å². The molecule has 0 heterocycles. The topological polar surface area (TPSA) is 134 Å². The molecule has 0 radical (unpaired) electrons. The van der Waals surface area contributed by atoms with Gasteiger partial charge in [-0.2, -0.15) is 0 Å². The lowest BCUT2D eigenvalue weighted by atomic mass is 10.4. The highest BCUT2D eigenvalue weighted by atomic mass is 16.5. The van der Waals surface area contributed by atoms with E-state index in [0.29, 0.717) is 0 Å². The average molecular weight is 334 g/mol. The summed E-state index contributed by atoms with van der Waals surface area (Å²) < 4.78 is 9.24. The van der Waals surface area contributed by atoms with E-state index in [-0.39, 0.29) is 45.9 Å². The van der Waals surface area contributed by atoms with Gasteiger partial charge in [0.1, 0.15) is 6.61 Å². The first kappa shape index (κ1) is 20.8. The Labute approximate surface area is 133 Å². The summed E-state index contributed by atoms with van der Waals surface area (Å²) in [6, 6.07) is 0. The standard InChI is InChI=1S/C13H22N2O8/c1-10(16)23-6-5-14(7-11(17)18)3-4-15(8-12(19)20)9-13(21)22-2/h3-9H2,1-2H3,(H,17,18)(H,19,20). The molecule has 10 heteroatoms. The van der Waals surface area contributed by atoms with Crippen molar-refractivity contribution in [2.24, 2.45) is 0 Å². The van der Waals surface area contributed by atoms with Crippen LogP contribution in [0, 0.1) is 0 Å². The van der Waals surface area contributed by atoms with Crippen LogP contribution >= 0.6 is 0 Å².